The molecule has 1 saturated heterocycles. The number of hydrogen-bond donors (Lipinski definition) is 1. The van der Waals surface area contributed by atoms with Crippen LogP contribution in [0.15, 0.2) is 23.2 Å². The van der Waals surface area contributed by atoms with E-state index in [2.05, 4.69) is 11.9 Å². The Balaban J connectivity index is 2.08. The molecule has 1 N–H and O–H groups in total. The first-order valence-electron chi connectivity index (χ1n) is 6.46. The van der Waals surface area contributed by atoms with Crippen LogP contribution in [0.4, 0.5) is 5.69 Å². The van der Waals surface area contributed by atoms with Crippen molar-refractivity contribution in [1.29, 1.82) is 0 Å². The van der Waals surface area contributed by atoms with Crippen LogP contribution in [-0.4, -0.2) is 21.0 Å². The molecule has 0 unspecified atom stereocenters. The fourth-order valence-electron chi connectivity index (χ4n) is 1.86. The number of hydrogen-bond acceptors (Lipinski definition) is 4. The van der Waals surface area contributed by atoms with Gasteiger partial charge < -0.3 is 5.11 Å². The van der Waals surface area contributed by atoms with Crippen molar-refractivity contribution in [3.05, 3.63) is 23.8 Å². The van der Waals surface area contributed by atoms with E-state index in [1.165, 1.54) is 24.8 Å². The molecular weight excluding hydrogens is 262 g/mol. The SMILES string of the molecule is CCCCCc1ccc(O)c(N=C2SCCS2)c1. The first kappa shape index (κ1) is 13.8. The van der Waals surface area contributed by atoms with Crippen molar-refractivity contribution in [2.24, 2.45) is 4.99 Å². The van der Waals surface area contributed by atoms with Crippen molar-refractivity contribution in [3.8, 4) is 5.75 Å². The van der Waals surface area contributed by atoms with Crippen LogP contribution in [0.3, 0.4) is 0 Å². The second-order valence-corrected chi connectivity index (χ2v) is 6.78. The molecule has 1 aliphatic rings. The molecule has 18 heavy (non-hydrogen) atoms. The van der Waals surface area contributed by atoms with Gasteiger partial charge in [0.15, 0.2) is 0 Å². The van der Waals surface area contributed by atoms with Gasteiger partial charge in [0, 0.05) is 11.5 Å². The highest BCUT2D eigenvalue weighted by atomic mass is 32.2. The quantitative estimate of drug-likeness (QED) is 0.801. The van der Waals surface area contributed by atoms with Crippen molar-refractivity contribution in [2.45, 2.75) is 32.6 Å². The van der Waals surface area contributed by atoms with Gasteiger partial charge in [-0.3, -0.25) is 0 Å². The summed E-state index contributed by atoms with van der Waals surface area (Å²) in [6.07, 6.45) is 4.78. The Morgan fingerprint density at radius 1 is 1.22 bits per heavy atom. The predicted molar refractivity (Wildman–Crippen MR) is 83.3 cm³/mol. The van der Waals surface area contributed by atoms with Crippen molar-refractivity contribution in [2.75, 3.05) is 11.5 Å². The summed E-state index contributed by atoms with van der Waals surface area (Å²) in [4.78, 5) is 4.54. The smallest absolute Gasteiger partial charge is 0.141 e. The highest BCUT2D eigenvalue weighted by molar-refractivity contribution is 8.41. The number of unbranched alkanes of at least 4 members (excludes halogenated alkanes) is 2. The molecule has 0 radical (unpaired) electrons. The Morgan fingerprint density at radius 2 is 2.00 bits per heavy atom. The van der Waals surface area contributed by atoms with Crippen molar-refractivity contribution >= 4 is 33.6 Å². The van der Waals surface area contributed by atoms with E-state index >= 15 is 0 Å². The number of aliphatic imine (C=N–C) groups is 1. The summed E-state index contributed by atoms with van der Waals surface area (Å²) in [5.41, 5.74) is 1.99. The van der Waals surface area contributed by atoms with E-state index in [4.69, 9.17) is 0 Å². The molecule has 2 nitrogen and oxygen atoms in total. The maximum Gasteiger partial charge on any atom is 0.141 e. The van der Waals surface area contributed by atoms with Crippen LogP contribution in [0.1, 0.15) is 31.7 Å². The Hall–Kier alpha value is -0.610. The van der Waals surface area contributed by atoms with Gasteiger partial charge in [-0.05, 0) is 30.5 Å². The van der Waals surface area contributed by atoms with Crippen LogP contribution >= 0.6 is 23.5 Å². The molecule has 1 aromatic carbocycles. The average molecular weight is 281 g/mol. The molecule has 0 atom stereocenters. The minimum atomic E-state index is 0.287. The molecule has 0 aromatic heterocycles. The first-order valence-corrected chi connectivity index (χ1v) is 8.43. The highest BCUT2D eigenvalue weighted by Gasteiger charge is 2.11. The molecule has 1 aromatic rings. The lowest BCUT2D eigenvalue weighted by molar-refractivity contribution is 0.476. The molecule has 1 heterocycles. The summed E-state index contributed by atoms with van der Waals surface area (Å²) < 4.78 is 1.08. The number of nitrogens with zero attached hydrogens (tertiary/aromatic N) is 1. The zero-order valence-electron chi connectivity index (χ0n) is 10.7. The Morgan fingerprint density at radius 3 is 2.72 bits per heavy atom. The summed E-state index contributed by atoms with van der Waals surface area (Å²) in [5.74, 6) is 2.54. The number of aryl methyl sites for hydroxylation is 1. The minimum Gasteiger partial charge on any atom is -0.506 e. The summed E-state index contributed by atoms with van der Waals surface area (Å²) >= 11 is 3.55. The Labute approximate surface area is 117 Å². The van der Waals surface area contributed by atoms with Gasteiger partial charge in [0.05, 0.1) is 0 Å². The van der Waals surface area contributed by atoms with Gasteiger partial charge in [0.2, 0.25) is 0 Å². The molecule has 1 aliphatic heterocycles. The standard InChI is InChI=1S/C14H19NOS2/c1-2-3-4-5-11-6-7-13(16)12(10-11)15-14-17-8-9-18-14/h6-7,10,16H,2-5,8-9H2,1H3. The molecule has 0 spiro atoms. The van der Waals surface area contributed by atoms with Gasteiger partial charge in [-0.25, -0.2) is 4.99 Å². The third-order valence-corrected chi connectivity index (χ3v) is 5.31. The van der Waals surface area contributed by atoms with E-state index in [-0.39, 0.29) is 5.75 Å². The molecule has 2 rings (SSSR count). The van der Waals surface area contributed by atoms with Gasteiger partial charge >= 0.3 is 0 Å². The van der Waals surface area contributed by atoms with Crippen molar-refractivity contribution in [3.63, 3.8) is 0 Å². The number of phenols is 1. The first-order chi connectivity index (χ1) is 8.79. The molecule has 0 aliphatic carbocycles. The molecule has 0 saturated carbocycles. The zero-order chi connectivity index (χ0) is 12.8. The normalized spacial score (nSPS) is 15.1. The van der Waals surface area contributed by atoms with E-state index < -0.39 is 0 Å². The van der Waals surface area contributed by atoms with Crippen LogP contribution in [0.5, 0.6) is 5.75 Å². The van der Waals surface area contributed by atoms with E-state index in [1.54, 1.807) is 29.6 Å². The average Bonchev–Trinajstić information content (AvgIpc) is 2.86. The Bertz CT molecular complexity index is 424. The highest BCUT2D eigenvalue weighted by Crippen LogP contribution is 2.34. The van der Waals surface area contributed by atoms with Crippen molar-refractivity contribution < 1.29 is 5.11 Å². The maximum atomic E-state index is 9.84. The van der Waals surface area contributed by atoms with E-state index in [9.17, 15) is 5.11 Å². The zero-order valence-corrected chi connectivity index (χ0v) is 12.3. The molecule has 4 heteroatoms. The third kappa shape index (κ3) is 3.95. The molecule has 0 amide bonds. The van der Waals surface area contributed by atoms with E-state index in [0.29, 0.717) is 0 Å². The number of phenolic OH excluding ortho intramolecular Hbond substituents is 1. The predicted octanol–water partition coefficient (Wildman–Crippen LogP) is 4.59. The lowest BCUT2D eigenvalue weighted by atomic mass is 10.1. The third-order valence-electron chi connectivity index (χ3n) is 2.85. The van der Waals surface area contributed by atoms with Crippen molar-refractivity contribution in [1.82, 2.24) is 0 Å². The lowest BCUT2D eigenvalue weighted by Crippen LogP contribution is -1.86. The summed E-state index contributed by atoms with van der Waals surface area (Å²) in [6.45, 7) is 2.21. The lowest BCUT2D eigenvalue weighted by Gasteiger charge is -2.05. The maximum absolute atomic E-state index is 9.84. The van der Waals surface area contributed by atoms with Gasteiger partial charge in [-0.2, -0.15) is 0 Å². The van der Waals surface area contributed by atoms with Gasteiger partial charge in [0.25, 0.3) is 0 Å². The van der Waals surface area contributed by atoms with Gasteiger partial charge in [-0.1, -0.05) is 49.4 Å². The van der Waals surface area contributed by atoms with Gasteiger partial charge in [-0.15, -0.1) is 0 Å². The van der Waals surface area contributed by atoms with Gasteiger partial charge in [0.1, 0.15) is 15.8 Å². The van der Waals surface area contributed by atoms with Crippen LogP contribution < -0.4 is 0 Å². The number of aromatic hydroxyl groups is 1. The topological polar surface area (TPSA) is 32.6 Å². The minimum absolute atomic E-state index is 0.287. The second-order valence-electron chi connectivity index (χ2n) is 4.35. The number of benzene rings is 1. The summed E-state index contributed by atoms with van der Waals surface area (Å²) in [7, 11) is 0. The van der Waals surface area contributed by atoms with Crippen LogP contribution in [0.25, 0.3) is 0 Å². The summed E-state index contributed by atoms with van der Waals surface area (Å²) in [6, 6.07) is 5.80. The number of rotatable bonds is 5. The molecule has 0 bridgehead atoms. The van der Waals surface area contributed by atoms with Crippen LogP contribution in [0.2, 0.25) is 0 Å². The summed E-state index contributed by atoms with van der Waals surface area (Å²) in [5, 5.41) is 9.84. The van der Waals surface area contributed by atoms with E-state index in [0.717, 1.165) is 28.0 Å². The van der Waals surface area contributed by atoms with Crippen LogP contribution in [0, 0.1) is 0 Å². The second kappa shape index (κ2) is 7.10. The molecule has 1 fully saturated rings. The molecule has 98 valence electrons. The Kier molecular flexibility index (Phi) is 5.45. The molecular formula is C14H19NOS2. The van der Waals surface area contributed by atoms with E-state index in [1.807, 2.05) is 12.1 Å². The fourth-order valence-corrected chi connectivity index (χ4v) is 4.03. The van der Waals surface area contributed by atoms with Crippen LogP contribution in [-0.2, 0) is 6.42 Å². The number of thioether (sulfide) groups is 2. The largest absolute Gasteiger partial charge is 0.506 e. The fraction of sp³-hybridized carbons (Fsp3) is 0.500. The monoisotopic (exact) mass is 281 g/mol.